The van der Waals surface area contributed by atoms with Crippen molar-refractivity contribution in [3.05, 3.63) is 59.2 Å². The van der Waals surface area contributed by atoms with Crippen molar-refractivity contribution in [1.29, 1.82) is 0 Å². The molecule has 0 spiro atoms. The van der Waals surface area contributed by atoms with Crippen molar-refractivity contribution < 1.29 is 27.1 Å². The monoisotopic (exact) mass is 327 g/mol. The lowest BCUT2D eigenvalue weighted by molar-refractivity contribution is 0.0698. The van der Waals surface area contributed by atoms with E-state index in [1.807, 2.05) is 4.72 Å². The molecule has 0 amide bonds. The Hall–Kier alpha value is -2.48. The van der Waals surface area contributed by atoms with Crippen molar-refractivity contribution in [1.82, 2.24) is 0 Å². The fourth-order valence-electron chi connectivity index (χ4n) is 1.86. The number of carbonyl (C=O) groups is 1. The van der Waals surface area contributed by atoms with Crippen molar-refractivity contribution in [3.8, 4) is 0 Å². The maximum atomic E-state index is 13.6. The van der Waals surface area contributed by atoms with Crippen LogP contribution in [0.1, 0.15) is 15.9 Å². The molecule has 2 aromatic carbocycles. The number of aromatic carboxylic acids is 1. The van der Waals surface area contributed by atoms with Crippen LogP contribution in [0.25, 0.3) is 0 Å². The van der Waals surface area contributed by atoms with Crippen LogP contribution in [0.4, 0.5) is 14.5 Å². The highest BCUT2D eigenvalue weighted by atomic mass is 32.2. The number of hydrogen-bond acceptors (Lipinski definition) is 3. The Morgan fingerprint density at radius 3 is 2.27 bits per heavy atom. The van der Waals surface area contributed by atoms with Gasteiger partial charge in [0.2, 0.25) is 0 Å². The summed E-state index contributed by atoms with van der Waals surface area (Å²) in [6.45, 7) is 1.63. The summed E-state index contributed by atoms with van der Waals surface area (Å²) >= 11 is 0. The summed E-state index contributed by atoms with van der Waals surface area (Å²) in [6.07, 6.45) is 0. The van der Waals surface area contributed by atoms with E-state index in [1.54, 1.807) is 6.92 Å². The van der Waals surface area contributed by atoms with Gasteiger partial charge in [0.15, 0.2) is 4.90 Å². The van der Waals surface area contributed by atoms with Crippen molar-refractivity contribution in [2.75, 3.05) is 4.72 Å². The Morgan fingerprint density at radius 2 is 1.73 bits per heavy atom. The van der Waals surface area contributed by atoms with E-state index in [0.29, 0.717) is 5.56 Å². The quantitative estimate of drug-likeness (QED) is 0.904. The highest BCUT2D eigenvalue weighted by molar-refractivity contribution is 7.92. The number of carboxylic acid groups (broad SMARTS) is 1. The summed E-state index contributed by atoms with van der Waals surface area (Å²) in [5.74, 6) is -3.90. The van der Waals surface area contributed by atoms with Crippen LogP contribution >= 0.6 is 0 Å². The van der Waals surface area contributed by atoms with E-state index in [1.165, 1.54) is 18.2 Å². The van der Waals surface area contributed by atoms with E-state index in [9.17, 15) is 22.0 Å². The standard InChI is InChI=1S/C14H11F2NO4S/c1-8-5-6-12(9(7-8)14(18)19)17-22(20,21)13-10(15)3-2-4-11(13)16/h2-7,17H,1H3,(H,18,19). The van der Waals surface area contributed by atoms with Gasteiger partial charge in [0.25, 0.3) is 10.0 Å². The molecule has 0 aromatic heterocycles. The zero-order chi connectivity index (χ0) is 16.5. The van der Waals surface area contributed by atoms with Crippen LogP contribution in [0.15, 0.2) is 41.3 Å². The Morgan fingerprint density at radius 1 is 1.14 bits per heavy atom. The molecule has 0 radical (unpaired) electrons. The van der Waals surface area contributed by atoms with Crippen molar-refractivity contribution in [2.24, 2.45) is 0 Å². The summed E-state index contributed by atoms with van der Waals surface area (Å²) in [4.78, 5) is 9.99. The molecule has 2 rings (SSSR count). The number of anilines is 1. The Bertz CT molecular complexity index is 830. The highest BCUT2D eigenvalue weighted by Crippen LogP contribution is 2.24. The Labute approximate surface area is 125 Å². The van der Waals surface area contributed by atoms with Crippen molar-refractivity contribution in [3.63, 3.8) is 0 Å². The first-order valence-corrected chi connectivity index (χ1v) is 7.51. The zero-order valence-electron chi connectivity index (χ0n) is 11.3. The molecule has 0 aliphatic heterocycles. The normalized spacial score (nSPS) is 11.2. The van der Waals surface area contributed by atoms with Gasteiger partial charge in [-0.25, -0.2) is 22.0 Å². The van der Waals surface area contributed by atoms with E-state index in [4.69, 9.17) is 5.11 Å². The zero-order valence-corrected chi connectivity index (χ0v) is 12.1. The van der Waals surface area contributed by atoms with Gasteiger partial charge in [-0.05, 0) is 31.2 Å². The van der Waals surface area contributed by atoms with Gasteiger partial charge in [0, 0.05) is 0 Å². The average Bonchev–Trinajstić information content (AvgIpc) is 2.39. The minimum Gasteiger partial charge on any atom is -0.478 e. The van der Waals surface area contributed by atoms with Crippen LogP contribution in [-0.4, -0.2) is 19.5 Å². The molecule has 0 aliphatic carbocycles. The van der Waals surface area contributed by atoms with Crippen LogP contribution < -0.4 is 4.72 Å². The van der Waals surface area contributed by atoms with Crippen LogP contribution in [0.5, 0.6) is 0 Å². The molecule has 0 heterocycles. The lowest BCUT2D eigenvalue weighted by atomic mass is 10.1. The second kappa shape index (κ2) is 5.72. The lowest BCUT2D eigenvalue weighted by Crippen LogP contribution is -2.18. The third-order valence-corrected chi connectivity index (χ3v) is 4.25. The fraction of sp³-hybridized carbons (Fsp3) is 0.0714. The third-order valence-electron chi connectivity index (χ3n) is 2.84. The molecular weight excluding hydrogens is 316 g/mol. The molecule has 0 bridgehead atoms. The number of carboxylic acids is 1. The SMILES string of the molecule is Cc1ccc(NS(=O)(=O)c2c(F)cccc2F)c(C(=O)O)c1. The van der Waals surface area contributed by atoms with E-state index in [-0.39, 0.29) is 11.3 Å². The molecule has 8 heteroatoms. The van der Waals surface area contributed by atoms with Crippen LogP contribution in [-0.2, 0) is 10.0 Å². The lowest BCUT2D eigenvalue weighted by Gasteiger charge is -2.12. The Balaban J connectivity index is 2.53. The van der Waals surface area contributed by atoms with Gasteiger partial charge in [0.05, 0.1) is 11.3 Å². The van der Waals surface area contributed by atoms with E-state index in [2.05, 4.69) is 0 Å². The Kier molecular flexibility index (Phi) is 4.14. The topological polar surface area (TPSA) is 83.5 Å². The molecular formula is C14H11F2NO4S. The summed E-state index contributed by atoms with van der Waals surface area (Å²) in [5, 5.41) is 9.08. The summed E-state index contributed by atoms with van der Waals surface area (Å²) in [6, 6.07) is 6.56. The van der Waals surface area contributed by atoms with Crippen LogP contribution in [0, 0.1) is 18.6 Å². The van der Waals surface area contributed by atoms with E-state index < -0.39 is 32.5 Å². The summed E-state index contributed by atoms with van der Waals surface area (Å²) in [7, 11) is -4.61. The number of benzene rings is 2. The van der Waals surface area contributed by atoms with Gasteiger partial charge in [-0.1, -0.05) is 17.7 Å². The van der Waals surface area contributed by atoms with Crippen LogP contribution in [0.3, 0.4) is 0 Å². The third kappa shape index (κ3) is 3.06. The second-order valence-corrected chi connectivity index (χ2v) is 6.13. The number of rotatable bonds is 4. The molecule has 116 valence electrons. The van der Waals surface area contributed by atoms with Crippen molar-refractivity contribution in [2.45, 2.75) is 11.8 Å². The molecule has 22 heavy (non-hydrogen) atoms. The minimum atomic E-state index is -4.61. The predicted molar refractivity (Wildman–Crippen MR) is 75.3 cm³/mol. The highest BCUT2D eigenvalue weighted by Gasteiger charge is 2.25. The second-order valence-electron chi connectivity index (χ2n) is 4.51. The predicted octanol–water partition coefficient (Wildman–Crippen LogP) is 2.77. The smallest absolute Gasteiger partial charge is 0.337 e. The largest absolute Gasteiger partial charge is 0.478 e. The summed E-state index contributed by atoms with van der Waals surface area (Å²) in [5.41, 5.74) is -0.00139. The van der Waals surface area contributed by atoms with Gasteiger partial charge in [-0.15, -0.1) is 0 Å². The number of aryl methyl sites for hydroxylation is 1. The molecule has 0 saturated carbocycles. The molecule has 0 saturated heterocycles. The first kappa shape index (κ1) is 15.9. The van der Waals surface area contributed by atoms with Gasteiger partial charge in [0.1, 0.15) is 11.6 Å². The van der Waals surface area contributed by atoms with Gasteiger partial charge in [-0.2, -0.15) is 0 Å². The van der Waals surface area contributed by atoms with Crippen molar-refractivity contribution >= 4 is 21.7 Å². The molecule has 0 fully saturated rings. The van der Waals surface area contributed by atoms with Gasteiger partial charge >= 0.3 is 5.97 Å². The summed E-state index contributed by atoms with van der Waals surface area (Å²) < 4.78 is 53.3. The first-order chi connectivity index (χ1) is 10.2. The molecule has 5 nitrogen and oxygen atoms in total. The molecule has 0 atom stereocenters. The average molecular weight is 327 g/mol. The molecule has 2 aromatic rings. The molecule has 0 unspecified atom stereocenters. The molecule has 2 N–H and O–H groups in total. The fourth-order valence-corrected chi connectivity index (χ4v) is 3.08. The molecule has 0 aliphatic rings. The van der Waals surface area contributed by atoms with Crippen LogP contribution in [0.2, 0.25) is 0 Å². The maximum Gasteiger partial charge on any atom is 0.337 e. The number of sulfonamides is 1. The minimum absolute atomic E-state index is 0.277. The van der Waals surface area contributed by atoms with Gasteiger partial charge < -0.3 is 5.11 Å². The van der Waals surface area contributed by atoms with Gasteiger partial charge in [-0.3, -0.25) is 4.72 Å². The van der Waals surface area contributed by atoms with E-state index in [0.717, 1.165) is 18.2 Å². The number of nitrogens with one attached hydrogen (secondary N) is 1. The van der Waals surface area contributed by atoms with E-state index >= 15 is 0 Å². The number of hydrogen-bond donors (Lipinski definition) is 2. The maximum absolute atomic E-state index is 13.6. The number of halogens is 2. The first-order valence-electron chi connectivity index (χ1n) is 6.03.